The van der Waals surface area contributed by atoms with Crippen molar-refractivity contribution in [1.29, 1.82) is 0 Å². The second kappa shape index (κ2) is 5.36. The molecular weight excluding hydrogens is 164 g/mol. The molecule has 0 bridgehead atoms. The number of ether oxygens (including phenoxy) is 1. The highest BCUT2D eigenvalue weighted by Crippen LogP contribution is 2.01. The molecule has 0 unspecified atom stereocenters. The molecule has 0 spiro atoms. The second-order valence-corrected chi connectivity index (χ2v) is 2.70. The molecule has 13 heavy (non-hydrogen) atoms. The number of unbranched alkanes of at least 4 members (excludes halogenated alkanes) is 1. The molecule has 0 saturated carbocycles. The van der Waals surface area contributed by atoms with E-state index in [4.69, 9.17) is 4.74 Å². The summed E-state index contributed by atoms with van der Waals surface area (Å²) in [4.78, 5) is 11.3. The van der Waals surface area contributed by atoms with E-state index in [0.717, 1.165) is 6.42 Å². The molecule has 69 valence electrons. The van der Waals surface area contributed by atoms with Gasteiger partial charge in [-0.25, -0.2) is 4.79 Å². The van der Waals surface area contributed by atoms with Crippen LogP contribution in [0.15, 0.2) is 30.3 Å². The van der Waals surface area contributed by atoms with Crippen LogP contribution in [0.5, 0.6) is 0 Å². The van der Waals surface area contributed by atoms with E-state index in [1.165, 1.54) is 0 Å². The van der Waals surface area contributed by atoms with Crippen LogP contribution in [0.2, 0.25) is 0 Å². The minimum absolute atomic E-state index is 0.248. The average molecular weight is 177 g/mol. The van der Waals surface area contributed by atoms with Gasteiger partial charge < -0.3 is 4.74 Å². The van der Waals surface area contributed by atoms with E-state index in [9.17, 15) is 4.79 Å². The van der Waals surface area contributed by atoms with Crippen LogP contribution in [0, 0.1) is 6.42 Å². The van der Waals surface area contributed by atoms with E-state index < -0.39 is 0 Å². The molecule has 0 aromatic heterocycles. The fraction of sp³-hybridized carbons (Fsp3) is 0.273. The minimum Gasteiger partial charge on any atom is -0.462 e. The Hall–Kier alpha value is -1.31. The number of carbonyl (C=O) groups excluding carboxylic acids is 1. The van der Waals surface area contributed by atoms with E-state index in [-0.39, 0.29) is 5.97 Å². The predicted octanol–water partition coefficient (Wildman–Crippen LogP) is 2.46. The van der Waals surface area contributed by atoms with Crippen molar-refractivity contribution in [2.45, 2.75) is 13.3 Å². The molecule has 0 amide bonds. The van der Waals surface area contributed by atoms with E-state index in [0.29, 0.717) is 12.2 Å². The molecule has 0 fully saturated rings. The molecule has 1 aromatic rings. The summed E-state index contributed by atoms with van der Waals surface area (Å²) in [6.45, 7) is 2.40. The van der Waals surface area contributed by atoms with Crippen LogP contribution in [0.4, 0.5) is 0 Å². The van der Waals surface area contributed by atoms with Gasteiger partial charge in [-0.3, -0.25) is 0 Å². The fourth-order valence-electron chi connectivity index (χ4n) is 0.927. The Bertz CT molecular complexity index is 254. The first kappa shape index (κ1) is 9.78. The molecule has 0 saturated heterocycles. The van der Waals surface area contributed by atoms with Crippen LogP contribution in [0.3, 0.4) is 0 Å². The minimum atomic E-state index is -0.248. The lowest BCUT2D eigenvalue weighted by Gasteiger charge is -2.02. The van der Waals surface area contributed by atoms with E-state index in [1.54, 1.807) is 12.1 Å². The summed E-state index contributed by atoms with van der Waals surface area (Å²) < 4.78 is 5.00. The lowest BCUT2D eigenvalue weighted by atomic mass is 10.2. The smallest absolute Gasteiger partial charge is 0.338 e. The maximum absolute atomic E-state index is 11.3. The van der Waals surface area contributed by atoms with Crippen molar-refractivity contribution in [3.05, 3.63) is 42.3 Å². The number of esters is 1. The topological polar surface area (TPSA) is 26.3 Å². The Morgan fingerprint density at radius 2 is 2.08 bits per heavy atom. The highest BCUT2D eigenvalue weighted by molar-refractivity contribution is 5.89. The van der Waals surface area contributed by atoms with Crippen LogP contribution >= 0.6 is 0 Å². The zero-order valence-electron chi connectivity index (χ0n) is 7.69. The third-order valence-corrected chi connectivity index (χ3v) is 1.65. The van der Waals surface area contributed by atoms with Gasteiger partial charge in [-0.15, -0.1) is 0 Å². The Kier molecular flexibility index (Phi) is 4.03. The van der Waals surface area contributed by atoms with Gasteiger partial charge in [0.15, 0.2) is 0 Å². The van der Waals surface area contributed by atoms with Gasteiger partial charge in [0.25, 0.3) is 0 Å². The Labute approximate surface area is 78.5 Å². The van der Waals surface area contributed by atoms with Crippen molar-refractivity contribution in [1.82, 2.24) is 0 Å². The van der Waals surface area contributed by atoms with Crippen molar-refractivity contribution in [3.8, 4) is 0 Å². The van der Waals surface area contributed by atoms with Crippen LogP contribution in [0.1, 0.15) is 23.7 Å². The number of carbonyl (C=O) groups is 1. The molecule has 2 heteroatoms. The lowest BCUT2D eigenvalue weighted by Crippen LogP contribution is -2.05. The summed E-state index contributed by atoms with van der Waals surface area (Å²) >= 11 is 0. The third kappa shape index (κ3) is 3.28. The monoisotopic (exact) mass is 177 g/mol. The van der Waals surface area contributed by atoms with Gasteiger partial charge >= 0.3 is 5.97 Å². The van der Waals surface area contributed by atoms with Crippen molar-refractivity contribution in [3.63, 3.8) is 0 Å². The van der Waals surface area contributed by atoms with Gasteiger partial charge in [0, 0.05) is 0 Å². The largest absolute Gasteiger partial charge is 0.462 e. The first-order chi connectivity index (χ1) is 6.34. The number of rotatable bonds is 4. The van der Waals surface area contributed by atoms with Crippen molar-refractivity contribution < 1.29 is 9.53 Å². The summed E-state index contributed by atoms with van der Waals surface area (Å²) in [6.07, 6.45) is 2.77. The number of benzene rings is 1. The molecule has 0 atom stereocenters. The summed E-state index contributed by atoms with van der Waals surface area (Å²) in [6, 6.07) is 9.01. The first-order valence-electron chi connectivity index (χ1n) is 4.34. The summed E-state index contributed by atoms with van der Waals surface area (Å²) in [7, 11) is 0. The zero-order valence-corrected chi connectivity index (χ0v) is 7.69. The molecule has 0 N–H and O–H groups in total. The molecule has 1 rings (SSSR count). The summed E-state index contributed by atoms with van der Waals surface area (Å²) in [5, 5.41) is 0. The van der Waals surface area contributed by atoms with E-state index in [1.807, 2.05) is 31.5 Å². The lowest BCUT2D eigenvalue weighted by molar-refractivity contribution is 0.0508. The van der Waals surface area contributed by atoms with Crippen LogP contribution in [-0.2, 0) is 4.74 Å². The molecule has 0 aliphatic heterocycles. The van der Waals surface area contributed by atoms with E-state index in [2.05, 4.69) is 0 Å². The standard InChI is InChI=1S/C11H13O2/c1-2-3-9-13-11(12)10-7-5-4-6-8-10/h2,4-8H,3,9H2,1H3. The summed E-state index contributed by atoms with van der Waals surface area (Å²) in [5.41, 5.74) is 0.610. The zero-order chi connectivity index (χ0) is 9.52. The van der Waals surface area contributed by atoms with Crippen LogP contribution in [0.25, 0.3) is 0 Å². The molecule has 0 aliphatic carbocycles. The van der Waals surface area contributed by atoms with Gasteiger partial charge in [-0.1, -0.05) is 25.1 Å². The number of hydrogen-bond acceptors (Lipinski definition) is 2. The highest BCUT2D eigenvalue weighted by Gasteiger charge is 2.03. The molecule has 0 aliphatic rings. The van der Waals surface area contributed by atoms with Gasteiger partial charge in [-0.05, 0) is 25.0 Å². The second-order valence-electron chi connectivity index (χ2n) is 2.70. The Morgan fingerprint density at radius 3 is 2.69 bits per heavy atom. The van der Waals surface area contributed by atoms with Gasteiger partial charge in [0.1, 0.15) is 0 Å². The van der Waals surface area contributed by atoms with Crippen molar-refractivity contribution >= 4 is 5.97 Å². The molecular formula is C11H13O2. The number of hydrogen-bond donors (Lipinski definition) is 0. The third-order valence-electron chi connectivity index (χ3n) is 1.65. The average Bonchev–Trinajstić information content (AvgIpc) is 2.19. The van der Waals surface area contributed by atoms with E-state index >= 15 is 0 Å². The van der Waals surface area contributed by atoms with Crippen LogP contribution < -0.4 is 0 Å². The van der Waals surface area contributed by atoms with Crippen LogP contribution in [-0.4, -0.2) is 12.6 Å². The van der Waals surface area contributed by atoms with Gasteiger partial charge in [-0.2, -0.15) is 0 Å². The normalized spacial score (nSPS) is 9.62. The van der Waals surface area contributed by atoms with Gasteiger partial charge in [0.05, 0.1) is 12.2 Å². The highest BCUT2D eigenvalue weighted by atomic mass is 16.5. The molecule has 1 aromatic carbocycles. The summed E-state index contributed by atoms with van der Waals surface area (Å²) in [5.74, 6) is -0.248. The fourth-order valence-corrected chi connectivity index (χ4v) is 0.927. The maximum atomic E-state index is 11.3. The first-order valence-corrected chi connectivity index (χ1v) is 4.34. The van der Waals surface area contributed by atoms with Gasteiger partial charge in [0.2, 0.25) is 0 Å². The SMILES string of the molecule is C[CH]CCOC(=O)c1ccccc1. The van der Waals surface area contributed by atoms with Crippen molar-refractivity contribution in [2.24, 2.45) is 0 Å². The Balaban J connectivity index is 2.40. The van der Waals surface area contributed by atoms with Crippen molar-refractivity contribution in [2.75, 3.05) is 6.61 Å². The quantitative estimate of drug-likeness (QED) is 0.521. The maximum Gasteiger partial charge on any atom is 0.338 e. The molecule has 0 heterocycles. The molecule has 1 radical (unpaired) electrons. The Morgan fingerprint density at radius 1 is 1.38 bits per heavy atom. The molecule has 2 nitrogen and oxygen atoms in total. The predicted molar refractivity (Wildman–Crippen MR) is 51.3 cm³/mol.